The van der Waals surface area contributed by atoms with Gasteiger partial charge in [-0.15, -0.1) is 0 Å². The molecule has 98 valence electrons. The Hall–Kier alpha value is -0.590. The molecule has 0 radical (unpaired) electrons. The zero-order chi connectivity index (χ0) is 12.9. The van der Waals surface area contributed by atoms with Gasteiger partial charge in [0.1, 0.15) is 5.54 Å². The van der Waals surface area contributed by atoms with Crippen molar-refractivity contribution in [2.75, 3.05) is 19.6 Å². The number of rotatable bonds is 6. The third-order valence-corrected chi connectivity index (χ3v) is 3.72. The predicted molar refractivity (Wildman–Crippen MR) is 71.7 cm³/mol. The zero-order valence-electron chi connectivity index (χ0n) is 11.8. The highest BCUT2D eigenvalue weighted by Crippen LogP contribution is 2.25. The lowest BCUT2D eigenvalue weighted by Gasteiger charge is -2.34. The lowest BCUT2D eigenvalue weighted by atomic mass is 9.98. The van der Waals surface area contributed by atoms with E-state index in [4.69, 9.17) is 0 Å². The van der Waals surface area contributed by atoms with Gasteiger partial charge in [0.25, 0.3) is 0 Å². The lowest BCUT2D eigenvalue weighted by molar-refractivity contribution is 0.171. The summed E-state index contributed by atoms with van der Waals surface area (Å²) in [5.74, 6) is 0.687. The van der Waals surface area contributed by atoms with E-state index in [2.05, 4.69) is 37.1 Å². The highest BCUT2D eigenvalue weighted by atomic mass is 15.2. The molecule has 0 aromatic rings. The second kappa shape index (κ2) is 6.37. The molecule has 1 heterocycles. The van der Waals surface area contributed by atoms with E-state index >= 15 is 0 Å². The van der Waals surface area contributed by atoms with Crippen LogP contribution in [-0.2, 0) is 0 Å². The second-order valence-corrected chi connectivity index (χ2v) is 5.79. The standard InChI is InChI=1S/C14H27N3/c1-5-8-16-14(4,10-15)11-17-9-6-7-13(17)12(2)3/h12-13,16H,5-9,11H2,1-4H3. The van der Waals surface area contributed by atoms with E-state index in [1.54, 1.807) is 0 Å². The van der Waals surface area contributed by atoms with Crippen LogP contribution in [0.25, 0.3) is 0 Å². The Labute approximate surface area is 106 Å². The zero-order valence-corrected chi connectivity index (χ0v) is 11.8. The molecule has 2 unspecified atom stereocenters. The quantitative estimate of drug-likeness (QED) is 0.771. The molecule has 0 amide bonds. The molecule has 0 saturated carbocycles. The molecule has 3 heteroatoms. The molecule has 0 aromatic carbocycles. The molecule has 0 bridgehead atoms. The average Bonchev–Trinajstić information content (AvgIpc) is 2.74. The summed E-state index contributed by atoms with van der Waals surface area (Å²) in [4.78, 5) is 2.50. The van der Waals surface area contributed by atoms with Gasteiger partial charge in [0.2, 0.25) is 0 Å². The SMILES string of the molecule is CCCNC(C)(C#N)CN1CCCC1C(C)C. The minimum absolute atomic E-state index is 0.395. The van der Waals surface area contributed by atoms with E-state index in [0.29, 0.717) is 12.0 Å². The van der Waals surface area contributed by atoms with Crippen LogP contribution in [-0.4, -0.2) is 36.1 Å². The van der Waals surface area contributed by atoms with E-state index < -0.39 is 5.54 Å². The maximum absolute atomic E-state index is 9.36. The van der Waals surface area contributed by atoms with Crippen LogP contribution in [0.1, 0.15) is 47.0 Å². The predicted octanol–water partition coefficient (Wildman–Crippen LogP) is 2.39. The summed E-state index contributed by atoms with van der Waals surface area (Å²) in [5.41, 5.74) is -0.395. The van der Waals surface area contributed by atoms with Crippen LogP contribution >= 0.6 is 0 Å². The summed E-state index contributed by atoms with van der Waals surface area (Å²) in [6, 6.07) is 3.11. The summed E-state index contributed by atoms with van der Waals surface area (Å²) in [6.45, 7) is 11.7. The molecule has 0 spiro atoms. The first-order valence-corrected chi connectivity index (χ1v) is 6.92. The molecule has 1 aliphatic heterocycles. The van der Waals surface area contributed by atoms with Gasteiger partial charge in [-0.25, -0.2) is 0 Å². The third-order valence-electron chi connectivity index (χ3n) is 3.72. The van der Waals surface area contributed by atoms with Crippen LogP contribution in [0.3, 0.4) is 0 Å². The van der Waals surface area contributed by atoms with Gasteiger partial charge in [0, 0.05) is 12.6 Å². The van der Waals surface area contributed by atoms with Crippen molar-refractivity contribution in [2.45, 2.75) is 58.5 Å². The van der Waals surface area contributed by atoms with Crippen LogP contribution in [0.4, 0.5) is 0 Å². The summed E-state index contributed by atoms with van der Waals surface area (Å²) in [6.07, 6.45) is 3.63. The molecule has 0 aliphatic carbocycles. The first-order valence-electron chi connectivity index (χ1n) is 6.92. The highest BCUT2D eigenvalue weighted by molar-refractivity contribution is 5.07. The fraction of sp³-hybridized carbons (Fsp3) is 0.929. The first kappa shape index (κ1) is 14.5. The molecule has 17 heavy (non-hydrogen) atoms. The Morgan fingerprint density at radius 2 is 2.24 bits per heavy atom. The van der Waals surface area contributed by atoms with Crippen molar-refractivity contribution >= 4 is 0 Å². The number of nitrogens with one attached hydrogen (secondary N) is 1. The Morgan fingerprint density at radius 3 is 2.76 bits per heavy atom. The Bertz CT molecular complexity index is 269. The average molecular weight is 237 g/mol. The first-order chi connectivity index (χ1) is 8.02. The number of hydrogen-bond donors (Lipinski definition) is 1. The van der Waals surface area contributed by atoms with Crippen molar-refractivity contribution in [3.8, 4) is 6.07 Å². The van der Waals surface area contributed by atoms with Crippen LogP contribution in [0, 0.1) is 17.2 Å². The van der Waals surface area contributed by atoms with Crippen molar-refractivity contribution < 1.29 is 0 Å². The van der Waals surface area contributed by atoms with Gasteiger partial charge in [-0.05, 0) is 45.2 Å². The van der Waals surface area contributed by atoms with E-state index in [0.717, 1.165) is 26.1 Å². The van der Waals surface area contributed by atoms with Crippen molar-refractivity contribution in [1.82, 2.24) is 10.2 Å². The molecule has 1 saturated heterocycles. The highest BCUT2D eigenvalue weighted by Gasteiger charge is 2.33. The Kier molecular flexibility index (Phi) is 5.42. The minimum Gasteiger partial charge on any atom is -0.299 e. The molecule has 3 nitrogen and oxygen atoms in total. The van der Waals surface area contributed by atoms with Crippen molar-refractivity contribution in [2.24, 2.45) is 5.92 Å². The third kappa shape index (κ3) is 3.97. The summed E-state index contributed by atoms with van der Waals surface area (Å²) in [5, 5.41) is 12.7. The molecule has 2 atom stereocenters. The van der Waals surface area contributed by atoms with Gasteiger partial charge >= 0.3 is 0 Å². The van der Waals surface area contributed by atoms with E-state index in [9.17, 15) is 5.26 Å². The maximum atomic E-state index is 9.36. The molecule has 0 aromatic heterocycles. The molecule has 1 N–H and O–H groups in total. The van der Waals surface area contributed by atoms with Gasteiger partial charge in [-0.1, -0.05) is 20.8 Å². The van der Waals surface area contributed by atoms with E-state index in [-0.39, 0.29) is 0 Å². The van der Waals surface area contributed by atoms with Crippen LogP contribution in [0.15, 0.2) is 0 Å². The van der Waals surface area contributed by atoms with Crippen molar-refractivity contribution in [1.29, 1.82) is 5.26 Å². The smallest absolute Gasteiger partial charge is 0.116 e. The van der Waals surface area contributed by atoms with Gasteiger partial charge < -0.3 is 0 Å². The van der Waals surface area contributed by atoms with Gasteiger partial charge in [-0.2, -0.15) is 5.26 Å². The number of hydrogen-bond acceptors (Lipinski definition) is 3. The summed E-state index contributed by atoms with van der Waals surface area (Å²) < 4.78 is 0. The van der Waals surface area contributed by atoms with Crippen LogP contribution in [0.2, 0.25) is 0 Å². The number of nitrogens with zero attached hydrogens (tertiary/aromatic N) is 2. The normalized spacial score (nSPS) is 24.8. The van der Waals surface area contributed by atoms with E-state index in [1.807, 2.05) is 6.92 Å². The summed E-state index contributed by atoms with van der Waals surface area (Å²) >= 11 is 0. The van der Waals surface area contributed by atoms with Crippen LogP contribution < -0.4 is 5.32 Å². The second-order valence-electron chi connectivity index (χ2n) is 5.79. The molecule has 1 aliphatic rings. The maximum Gasteiger partial charge on any atom is 0.116 e. The fourth-order valence-corrected chi connectivity index (χ4v) is 2.74. The topological polar surface area (TPSA) is 39.1 Å². The lowest BCUT2D eigenvalue weighted by Crippen LogP contribution is -2.52. The largest absolute Gasteiger partial charge is 0.299 e. The Morgan fingerprint density at radius 1 is 1.53 bits per heavy atom. The summed E-state index contributed by atoms with van der Waals surface area (Å²) in [7, 11) is 0. The molecular weight excluding hydrogens is 210 g/mol. The monoisotopic (exact) mass is 237 g/mol. The Balaban J connectivity index is 2.58. The minimum atomic E-state index is -0.395. The van der Waals surface area contributed by atoms with Crippen molar-refractivity contribution in [3.63, 3.8) is 0 Å². The van der Waals surface area contributed by atoms with Gasteiger partial charge in [0.15, 0.2) is 0 Å². The molecule has 1 rings (SSSR count). The van der Waals surface area contributed by atoms with Crippen molar-refractivity contribution in [3.05, 3.63) is 0 Å². The molecular formula is C14H27N3. The van der Waals surface area contributed by atoms with Gasteiger partial charge in [0.05, 0.1) is 6.07 Å². The fourth-order valence-electron chi connectivity index (χ4n) is 2.74. The van der Waals surface area contributed by atoms with E-state index in [1.165, 1.54) is 12.8 Å². The molecule has 1 fully saturated rings. The number of nitriles is 1. The number of likely N-dealkylation sites (tertiary alicyclic amines) is 1. The van der Waals surface area contributed by atoms with Crippen LogP contribution in [0.5, 0.6) is 0 Å². The van der Waals surface area contributed by atoms with Gasteiger partial charge in [-0.3, -0.25) is 10.2 Å².